The molecule has 39 heavy (non-hydrogen) atoms. The molecule has 0 radical (unpaired) electrons. The van der Waals surface area contributed by atoms with Crippen LogP contribution < -0.4 is 9.47 Å². The van der Waals surface area contributed by atoms with Crippen LogP contribution in [-0.4, -0.2) is 76.7 Å². The number of methoxy groups -OCH3 is 3. The average Bonchev–Trinajstić information content (AvgIpc) is 2.90. The van der Waals surface area contributed by atoms with E-state index in [-0.39, 0.29) is 19.3 Å². The monoisotopic (exact) mass is 564 g/mol. The van der Waals surface area contributed by atoms with Gasteiger partial charge in [0.2, 0.25) is 0 Å². The maximum absolute atomic E-state index is 14.0. The van der Waals surface area contributed by atoms with Crippen molar-refractivity contribution in [1.82, 2.24) is 9.96 Å². The summed E-state index contributed by atoms with van der Waals surface area (Å²) in [4.78, 5) is 34.7. The zero-order chi connectivity index (χ0) is 28.7. The highest BCUT2D eigenvalue weighted by atomic mass is 32.2. The predicted molar refractivity (Wildman–Crippen MR) is 142 cm³/mol. The summed E-state index contributed by atoms with van der Waals surface area (Å²) in [6.07, 6.45) is -0.00603. The summed E-state index contributed by atoms with van der Waals surface area (Å²) >= 11 is 0. The molecule has 0 unspecified atom stereocenters. The molecule has 2 aromatic carbocycles. The molecule has 3 rings (SSSR count). The third kappa shape index (κ3) is 7.76. The Balaban J connectivity index is 2.19. The van der Waals surface area contributed by atoms with Gasteiger partial charge in [-0.15, -0.1) is 5.06 Å². The molecule has 1 heterocycles. The van der Waals surface area contributed by atoms with E-state index >= 15 is 0 Å². The van der Waals surface area contributed by atoms with Crippen LogP contribution in [0.5, 0.6) is 11.5 Å². The molecule has 1 aliphatic rings. The van der Waals surface area contributed by atoms with E-state index < -0.39 is 40.1 Å². The second-order valence-corrected chi connectivity index (χ2v) is 11.2. The number of rotatable bonds is 13. The first-order valence-electron chi connectivity index (χ1n) is 12.4. The first kappa shape index (κ1) is 30.5. The van der Waals surface area contributed by atoms with E-state index in [0.717, 1.165) is 11.8 Å². The second-order valence-electron chi connectivity index (χ2n) is 9.61. The minimum atomic E-state index is -4.05. The van der Waals surface area contributed by atoms with Gasteiger partial charge in [-0.3, -0.25) is 18.7 Å². The van der Waals surface area contributed by atoms with E-state index in [1.54, 1.807) is 48.4 Å². The van der Waals surface area contributed by atoms with Crippen molar-refractivity contribution in [3.05, 3.63) is 59.7 Å². The van der Waals surface area contributed by atoms with Crippen LogP contribution >= 0.6 is 0 Å². The zero-order valence-electron chi connectivity index (χ0n) is 23.0. The van der Waals surface area contributed by atoms with Crippen molar-refractivity contribution in [2.24, 2.45) is 5.92 Å². The predicted octanol–water partition coefficient (Wildman–Crippen LogP) is 2.91. The summed E-state index contributed by atoms with van der Waals surface area (Å²) in [5.41, 5.74) is 1.19. The van der Waals surface area contributed by atoms with Crippen LogP contribution in [0, 0.1) is 5.92 Å². The van der Waals surface area contributed by atoms with E-state index in [1.807, 2.05) is 26.0 Å². The number of benzene rings is 2. The number of amides is 2. The number of nitrogens with zero attached hydrogens (tertiary/aromatic N) is 2. The van der Waals surface area contributed by atoms with Crippen molar-refractivity contribution in [3.8, 4) is 11.5 Å². The minimum Gasteiger partial charge on any atom is -0.497 e. The van der Waals surface area contributed by atoms with Crippen LogP contribution in [-0.2, 0) is 40.0 Å². The number of hydrogen-bond acceptors (Lipinski definition) is 10. The SMILES string of the molecule is COCON1C(=O)[C@H]([C@H](OS(C)(=O)=O)c2ccc(OC)cc2)N(Cc2ccc(OC)cc2)[C@@H](CC(C)C)C1=O. The number of hydrogen-bond donors (Lipinski definition) is 0. The maximum atomic E-state index is 14.0. The molecule has 0 N–H and O–H groups in total. The zero-order valence-corrected chi connectivity index (χ0v) is 23.8. The van der Waals surface area contributed by atoms with E-state index in [9.17, 15) is 18.0 Å². The van der Waals surface area contributed by atoms with E-state index in [0.29, 0.717) is 28.5 Å². The fourth-order valence-electron chi connectivity index (χ4n) is 4.48. The highest BCUT2D eigenvalue weighted by molar-refractivity contribution is 7.86. The lowest BCUT2D eigenvalue weighted by Crippen LogP contribution is -2.66. The molecule has 2 amide bonds. The molecule has 3 atom stereocenters. The van der Waals surface area contributed by atoms with E-state index in [1.165, 1.54) is 14.2 Å². The Bertz CT molecular complexity index is 1220. The van der Waals surface area contributed by atoms with Crippen molar-refractivity contribution in [2.75, 3.05) is 34.4 Å². The Morgan fingerprint density at radius 3 is 1.92 bits per heavy atom. The van der Waals surface area contributed by atoms with E-state index in [4.69, 9.17) is 23.2 Å². The third-order valence-corrected chi connectivity index (χ3v) is 6.78. The number of ether oxygens (including phenoxy) is 3. The van der Waals surface area contributed by atoms with Crippen molar-refractivity contribution in [1.29, 1.82) is 0 Å². The standard InChI is InChI=1S/C27H36N2O9S/c1-18(2)15-23-26(30)29(37-17-34-3)27(31)24(28(23)16-19-7-11-21(35-4)12-8-19)25(38-39(6,32)33)20-9-13-22(36-5)14-10-20/h7-14,18,23-25H,15-17H2,1-6H3/t23-,24-,25+/m0/s1. The van der Waals surface area contributed by atoms with Crippen molar-refractivity contribution >= 4 is 21.9 Å². The lowest BCUT2D eigenvalue weighted by molar-refractivity contribution is -0.237. The Kier molecular flexibility index (Phi) is 10.4. The van der Waals surface area contributed by atoms with Crippen LogP contribution in [0.1, 0.15) is 37.5 Å². The summed E-state index contributed by atoms with van der Waals surface area (Å²) in [6, 6.07) is 11.7. The molecule has 0 spiro atoms. The molecule has 11 nitrogen and oxygen atoms in total. The molecule has 12 heteroatoms. The largest absolute Gasteiger partial charge is 0.497 e. The van der Waals surface area contributed by atoms with Gasteiger partial charge in [0.05, 0.1) is 26.5 Å². The first-order chi connectivity index (χ1) is 18.5. The summed E-state index contributed by atoms with van der Waals surface area (Å²) < 4.78 is 46.0. The van der Waals surface area contributed by atoms with Crippen molar-refractivity contribution in [3.63, 3.8) is 0 Å². The minimum absolute atomic E-state index is 0.0608. The highest BCUT2D eigenvalue weighted by Gasteiger charge is 2.52. The molecular formula is C27H36N2O9S. The number of imide groups is 1. The summed E-state index contributed by atoms with van der Waals surface area (Å²) in [5.74, 6) is -0.0839. The fourth-order valence-corrected chi connectivity index (χ4v) is 5.08. The lowest BCUT2D eigenvalue weighted by atomic mass is 9.91. The van der Waals surface area contributed by atoms with E-state index in [2.05, 4.69) is 0 Å². The Hall–Kier alpha value is -3.03. The Morgan fingerprint density at radius 1 is 0.872 bits per heavy atom. The fraction of sp³-hybridized carbons (Fsp3) is 0.481. The van der Waals surface area contributed by atoms with Gasteiger partial charge < -0.3 is 14.2 Å². The van der Waals surface area contributed by atoms with Crippen LogP contribution in [0.4, 0.5) is 0 Å². The quantitative estimate of drug-likeness (QED) is 0.204. The molecule has 1 saturated heterocycles. The second kappa shape index (κ2) is 13.4. The van der Waals surface area contributed by atoms with Gasteiger partial charge in [0.15, 0.2) is 6.79 Å². The summed E-state index contributed by atoms with van der Waals surface area (Å²) in [6.45, 7) is 3.72. The van der Waals surface area contributed by atoms with Crippen LogP contribution in [0.3, 0.4) is 0 Å². The van der Waals surface area contributed by atoms with Gasteiger partial charge in [0, 0.05) is 13.7 Å². The molecule has 0 aliphatic carbocycles. The van der Waals surface area contributed by atoms with Gasteiger partial charge in [-0.2, -0.15) is 8.42 Å². The number of carbonyl (C=O) groups is 2. The van der Waals surface area contributed by atoms with Gasteiger partial charge in [-0.05, 0) is 47.7 Å². The summed E-state index contributed by atoms with van der Waals surface area (Å²) in [5, 5.41) is 0.675. The van der Waals surface area contributed by atoms with Gasteiger partial charge in [-0.25, -0.2) is 4.84 Å². The average molecular weight is 565 g/mol. The smallest absolute Gasteiger partial charge is 0.274 e. The van der Waals surface area contributed by atoms with Crippen molar-refractivity contribution < 1.29 is 41.2 Å². The molecule has 0 bridgehead atoms. The van der Waals surface area contributed by atoms with Crippen LogP contribution in [0.15, 0.2) is 48.5 Å². The van der Waals surface area contributed by atoms with Crippen LogP contribution in [0.25, 0.3) is 0 Å². The summed E-state index contributed by atoms with van der Waals surface area (Å²) in [7, 11) is 0.382. The highest BCUT2D eigenvalue weighted by Crippen LogP contribution is 2.36. The molecule has 1 aliphatic heterocycles. The number of carbonyl (C=O) groups excluding carboxylic acids is 2. The molecule has 214 valence electrons. The number of hydroxylamine groups is 2. The molecule has 1 fully saturated rings. The van der Waals surface area contributed by atoms with Gasteiger partial charge in [0.1, 0.15) is 23.6 Å². The Morgan fingerprint density at radius 2 is 1.44 bits per heavy atom. The first-order valence-corrected chi connectivity index (χ1v) is 14.2. The molecule has 0 saturated carbocycles. The maximum Gasteiger partial charge on any atom is 0.274 e. The normalized spacial score (nSPS) is 19.4. The lowest BCUT2D eigenvalue weighted by Gasteiger charge is -2.46. The molecular weight excluding hydrogens is 528 g/mol. The van der Waals surface area contributed by atoms with Gasteiger partial charge in [0.25, 0.3) is 21.9 Å². The third-order valence-electron chi connectivity index (χ3n) is 6.22. The number of piperazine rings is 1. The molecule has 0 aromatic heterocycles. The van der Waals surface area contributed by atoms with Gasteiger partial charge >= 0.3 is 0 Å². The Labute approximate surface area is 229 Å². The van der Waals surface area contributed by atoms with Crippen LogP contribution in [0.2, 0.25) is 0 Å². The van der Waals surface area contributed by atoms with Gasteiger partial charge in [-0.1, -0.05) is 38.1 Å². The topological polar surface area (TPSA) is 121 Å². The van der Waals surface area contributed by atoms with Crippen molar-refractivity contribution in [2.45, 2.75) is 45.0 Å². The molecule has 2 aromatic rings.